The highest BCUT2D eigenvalue weighted by atomic mass is 16.5. The van der Waals surface area contributed by atoms with Gasteiger partial charge in [-0.3, -0.25) is 4.90 Å². The van der Waals surface area contributed by atoms with Gasteiger partial charge in [0, 0.05) is 26.2 Å². The molecule has 0 saturated carbocycles. The number of nitrogens with zero attached hydrogens (tertiary/aromatic N) is 1. The lowest BCUT2D eigenvalue weighted by Gasteiger charge is -2.26. The molecule has 1 aliphatic heterocycles. The molecule has 1 fully saturated rings. The fourth-order valence-electron chi connectivity index (χ4n) is 3.60. The lowest BCUT2D eigenvalue weighted by atomic mass is 10.0. The fourth-order valence-corrected chi connectivity index (χ4v) is 3.60. The molecular weight excluding hydrogens is 388 g/mol. The van der Waals surface area contributed by atoms with Gasteiger partial charge in [-0.15, -0.1) is 0 Å². The number of nitrogens with one attached hydrogen (secondary N) is 1. The van der Waals surface area contributed by atoms with Crippen LogP contribution in [-0.2, 0) is 11.3 Å². The van der Waals surface area contributed by atoms with E-state index < -0.39 is 6.10 Å². The van der Waals surface area contributed by atoms with Crippen LogP contribution in [0.25, 0.3) is 11.1 Å². The molecule has 1 saturated heterocycles. The van der Waals surface area contributed by atoms with Crippen LogP contribution in [0.4, 0.5) is 0 Å². The van der Waals surface area contributed by atoms with Crippen LogP contribution in [0, 0.1) is 0 Å². The third-order valence-electron chi connectivity index (χ3n) is 5.51. The molecule has 0 amide bonds. The third-order valence-corrected chi connectivity index (χ3v) is 5.51. The number of aliphatic hydroxyl groups is 1. The maximum Gasteiger partial charge on any atom is 0.142 e. The van der Waals surface area contributed by atoms with E-state index in [0.29, 0.717) is 13.3 Å². The number of hydrogen-bond acceptors (Lipinski definition) is 5. The summed E-state index contributed by atoms with van der Waals surface area (Å²) in [5.41, 5.74) is 4.37. The van der Waals surface area contributed by atoms with Gasteiger partial charge in [0.15, 0.2) is 0 Å². The Morgan fingerprint density at radius 3 is 2.19 bits per heavy atom. The Morgan fingerprint density at radius 2 is 1.52 bits per heavy atom. The van der Waals surface area contributed by atoms with Crippen molar-refractivity contribution in [2.24, 2.45) is 0 Å². The number of benzene rings is 3. The van der Waals surface area contributed by atoms with Gasteiger partial charge in [0.05, 0.1) is 19.3 Å². The van der Waals surface area contributed by atoms with Crippen LogP contribution >= 0.6 is 0 Å². The molecular formula is C26H30N2O3. The first-order chi connectivity index (χ1) is 15.3. The van der Waals surface area contributed by atoms with E-state index in [0.717, 1.165) is 55.3 Å². The summed E-state index contributed by atoms with van der Waals surface area (Å²) in [6.07, 6.45) is -0.534. The average molecular weight is 419 g/mol. The van der Waals surface area contributed by atoms with E-state index in [-0.39, 0.29) is 0 Å². The molecule has 3 aromatic rings. The first-order valence-electron chi connectivity index (χ1n) is 10.8. The van der Waals surface area contributed by atoms with Crippen LogP contribution in [0.1, 0.15) is 17.2 Å². The molecule has 5 heteroatoms. The summed E-state index contributed by atoms with van der Waals surface area (Å²) in [5.74, 6) is 0.867. The van der Waals surface area contributed by atoms with Crippen molar-refractivity contribution in [2.75, 3.05) is 39.6 Å². The average Bonchev–Trinajstić information content (AvgIpc) is 2.84. The molecule has 1 unspecified atom stereocenters. The second kappa shape index (κ2) is 11.1. The van der Waals surface area contributed by atoms with E-state index in [1.165, 1.54) is 5.56 Å². The highest BCUT2D eigenvalue weighted by Gasteiger charge is 2.11. The normalized spacial score (nSPS) is 15.5. The van der Waals surface area contributed by atoms with Crippen molar-refractivity contribution in [1.82, 2.24) is 10.2 Å². The molecule has 1 aliphatic rings. The third kappa shape index (κ3) is 6.39. The minimum Gasteiger partial charge on any atom is -0.478 e. The number of aliphatic hydroxyl groups excluding tert-OH is 1. The Hall–Kier alpha value is -2.70. The second-order valence-electron chi connectivity index (χ2n) is 7.78. The second-order valence-corrected chi connectivity index (χ2v) is 7.78. The number of ether oxygens (including phenoxy) is 2. The molecule has 3 aromatic carbocycles. The number of rotatable bonds is 9. The van der Waals surface area contributed by atoms with E-state index >= 15 is 0 Å². The maximum atomic E-state index is 10.5. The van der Waals surface area contributed by atoms with Gasteiger partial charge in [-0.05, 0) is 34.4 Å². The molecule has 2 N–H and O–H groups in total. The molecule has 0 radical (unpaired) electrons. The molecule has 4 rings (SSSR count). The van der Waals surface area contributed by atoms with Gasteiger partial charge in [-0.2, -0.15) is 0 Å². The molecule has 0 spiro atoms. The van der Waals surface area contributed by atoms with Crippen LogP contribution in [0.3, 0.4) is 0 Å². The van der Waals surface area contributed by atoms with Crippen LogP contribution < -0.4 is 10.1 Å². The Balaban J connectivity index is 1.27. The first-order valence-corrected chi connectivity index (χ1v) is 10.8. The smallest absolute Gasteiger partial charge is 0.142 e. The summed E-state index contributed by atoms with van der Waals surface area (Å²) < 4.78 is 11.2. The number of hydrogen-bond donors (Lipinski definition) is 2. The van der Waals surface area contributed by atoms with Crippen molar-refractivity contribution in [3.8, 4) is 16.9 Å². The molecule has 1 heterocycles. The minimum absolute atomic E-state index is 0.517. The largest absolute Gasteiger partial charge is 0.478 e. The Kier molecular flexibility index (Phi) is 7.69. The summed E-state index contributed by atoms with van der Waals surface area (Å²) in [4.78, 5) is 2.25. The van der Waals surface area contributed by atoms with Crippen LogP contribution in [0.2, 0.25) is 0 Å². The molecule has 162 valence electrons. The van der Waals surface area contributed by atoms with E-state index in [9.17, 15) is 5.11 Å². The summed E-state index contributed by atoms with van der Waals surface area (Å²) in [6, 6.07) is 26.5. The fraction of sp³-hybridized carbons (Fsp3) is 0.308. The van der Waals surface area contributed by atoms with Crippen molar-refractivity contribution in [2.45, 2.75) is 12.6 Å². The Bertz CT molecular complexity index is 908. The van der Waals surface area contributed by atoms with E-state index in [1.54, 1.807) is 0 Å². The zero-order valence-electron chi connectivity index (χ0n) is 17.7. The van der Waals surface area contributed by atoms with Crippen molar-refractivity contribution >= 4 is 0 Å². The molecule has 0 aliphatic carbocycles. The molecule has 0 aromatic heterocycles. The van der Waals surface area contributed by atoms with Crippen LogP contribution in [0.5, 0.6) is 5.75 Å². The predicted octanol–water partition coefficient (Wildman–Crippen LogP) is 3.85. The van der Waals surface area contributed by atoms with E-state index in [1.807, 2.05) is 42.5 Å². The first kappa shape index (κ1) is 21.5. The molecule has 5 nitrogen and oxygen atoms in total. The summed E-state index contributed by atoms with van der Waals surface area (Å²) in [5, 5.41) is 13.8. The summed E-state index contributed by atoms with van der Waals surface area (Å²) in [6.45, 7) is 5.23. The molecule has 31 heavy (non-hydrogen) atoms. The monoisotopic (exact) mass is 418 g/mol. The van der Waals surface area contributed by atoms with Crippen molar-refractivity contribution in [1.29, 1.82) is 0 Å². The topological polar surface area (TPSA) is 54.0 Å². The van der Waals surface area contributed by atoms with Gasteiger partial charge in [-0.25, -0.2) is 0 Å². The highest BCUT2D eigenvalue weighted by molar-refractivity contribution is 5.64. The van der Waals surface area contributed by atoms with Gasteiger partial charge in [-0.1, -0.05) is 66.7 Å². The summed E-state index contributed by atoms with van der Waals surface area (Å²) >= 11 is 0. The van der Waals surface area contributed by atoms with Gasteiger partial charge in [0.2, 0.25) is 0 Å². The van der Waals surface area contributed by atoms with Gasteiger partial charge in [0.25, 0.3) is 0 Å². The Labute approximate surface area is 184 Å². The van der Waals surface area contributed by atoms with Gasteiger partial charge >= 0.3 is 0 Å². The number of morpholine rings is 1. The van der Waals surface area contributed by atoms with Crippen molar-refractivity contribution < 1.29 is 14.6 Å². The quantitative estimate of drug-likeness (QED) is 0.553. The standard InChI is InChI=1S/C26H30N2O3/c29-26(19-27-18-21-4-2-1-3-5-21)24-8-6-22(7-9-24)23-10-12-25(13-11-23)31-20-28-14-16-30-17-15-28/h1-13,26-27,29H,14-20H2. The zero-order valence-corrected chi connectivity index (χ0v) is 17.7. The highest BCUT2D eigenvalue weighted by Crippen LogP contribution is 2.24. The van der Waals surface area contributed by atoms with Gasteiger partial charge in [0.1, 0.15) is 12.5 Å². The predicted molar refractivity (Wildman–Crippen MR) is 123 cm³/mol. The molecule has 0 bridgehead atoms. The zero-order chi connectivity index (χ0) is 21.3. The van der Waals surface area contributed by atoms with E-state index in [4.69, 9.17) is 9.47 Å². The maximum absolute atomic E-state index is 10.5. The van der Waals surface area contributed by atoms with Crippen molar-refractivity contribution in [3.05, 3.63) is 90.0 Å². The Morgan fingerprint density at radius 1 is 0.871 bits per heavy atom. The lowest BCUT2D eigenvalue weighted by Crippen LogP contribution is -2.38. The SMILES string of the molecule is OC(CNCc1ccccc1)c1ccc(-c2ccc(OCN3CCOCC3)cc2)cc1. The van der Waals surface area contributed by atoms with E-state index in [2.05, 4.69) is 46.6 Å². The lowest BCUT2D eigenvalue weighted by molar-refractivity contribution is 0.00408. The van der Waals surface area contributed by atoms with Crippen LogP contribution in [-0.4, -0.2) is 49.6 Å². The van der Waals surface area contributed by atoms with Crippen molar-refractivity contribution in [3.63, 3.8) is 0 Å². The molecule has 1 atom stereocenters. The minimum atomic E-state index is -0.534. The van der Waals surface area contributed by atoms with Crippen LogP contribution in [0.15, 0.2) is 78.9 Å². The van der Waals surface area contributed by atoms with Gasteiger partial charge < -0.3 is 19.9 Å². The summed E-state index contributed by atoms with van der Waals surface area (Å²) in [7, 11) is 0.